The minimum atomic E-state index is -0.354. The molecular formula is C16H18N2O3. The molecule has 0 heterocycles. The summed E-state index contributed by atoms with van der Waals surface area (Å²) in [5, 5.41) is 14.2. The monoisotopic (exact) mass is 286 g/mol. The number of hydrogen-bond acceptors (Lipinski definition) is 4. The summed E-state index contributed by atoms with van der Waals surface area (Å²) in [6, 6.07) is 12.9. The van der Waals surface area contributed by atoms with E-state index in [1.165, 1.54) is 0 Å². The molecular weight excluding hydrogens is 268 g/mol. The van der Waals surface area contributed by atoms with Crippen molar-refractivity contribution in [2.24, 2.45) is 0 Å². The summed E-state index contributed by atoms with van der Waals surface area (Å²) in [6.07, 6.45) is 0. The van der Waals surface area contributed by atoms with Crippen molar-refractivity contribution < 1.29 is 9.66 Å². The number of nitro groups is 1. The minimum Gasteiger partial charge on any atom is -0.492 e. The highest BCUT2D eigenvalue weighted by atomic mass is 16.6. The Morgan fingerprint density at radius 3 is 2.71 bits per heavy atom. The summed E-state index contributed by atoms with van der Waals surface area (Å²) in [7, 11) is 0. The van der Waals surface area contributed by atoms with Gasteiger partial charge in [-0.1, -0.05) is 24.3 Å². The minimum absolute atomic E-state index is 0.146. The summed E-state index contributed by atoms with van der Waals surface area (Å²) in [5.74, 6) is 0.779. The number of hydrogen-bond donors (Lipinski definition) is 1. The fourth-order valence-electron chi connectivity index (χ4n) is 2.05. The Hall–Kier alpha value is -2.56. The van der Waals surface area contributed by atoms with Crippen LogP contribution in [0, 0.1) is 17.0 Å². The van der Waals surface area contributed by atoms with Gasteiger partial charge in [0.1, 0.15) is 5.75 Å². The molecule has 110 valence electrons. The van der Waals surface area contributed by atoms with Crippen LogP contribution in [0.1, 0.15) is 18.1 Å². The number of nitrogens with zero attached hydrogens (tertiary/aromatic N) is 1. The number of rotatable bonds is 6. The zero-order valence-corrected chi connectivity index (χ0v) is 12.1. The number of nitro benzene ring substituents is 1. The third kappa shape index (κ3) is 3.72. The first-order valence-electron chi connectivity index (χ1n) is 6.81. The molecule has 1 N–H and O–H groups in total. The lowest BCUT2D eigenvalue weighted by molar-refractivity contribution is -0.385. The maximum atomic E-state index is 11.0. The Bertz CT molecular complexity index is 641. The molecule has 21 heavy (non-hydrogen) atoms. The Kier molecular flexibility index (Phi) is 4.77. The van der Waals surface area contributed by atoms with Crippen LogP contribution in [0.15, 0.2) is 42.5 Å². The Balaban J connectivity index is 2.13. The molecule has 0 aliphatic carbocycles. The molecule has 0 bridgehead atoms. The smallest absolute Gasteiger partial charge is 0.272 e. The number of nitrogens with one attached hydrogen (secondary N) is 1. The summed E-state index contributed by atoms with van der Waals surface area (Å²) >= 11 is 0. The lowest BCUT2D eigenvalue weighted by Gasteiger charge is -2.12. The second-order valence-electron chi connectivity index (χ2n) is 4.66. The quantitative estimate of drug-likeness (QED) is 0.646. The van der Waals surface area contributed by atoms with E-state index in [-0.39, 0.29) is 10.6 Å². The van der Waals surface area contributed by atoms with Crippen molar-refractivity contribution in [1.82, 2.24) is 0 Å². The fraction of sp³-hybridized carbons (Fsp3) is 0.250. The Morgan fingerprint density at radius 1 is 1.24 bits per heavy atom. The third-order valence-electron chi connectivity index (χ3n) is 3.14. The molecule has 0 amide bonds. The van der Waals surface area contributed by atoms with Gasteiger partial charge in [-0.05, 0) is 31.5 Å². The van der Waals surface area contributed by atoms with Gasteiger partial charge in [-0.3, -0.25) is 10.1 Å². The van der Waals surface area contributed by atoms with E-state index in [0.29, 0.717) is 18.7 Å². The zero-order chi connectivity index (χ0) is 15.2. The predicted molar refractivity (Wildman–Crippen MR) is 82.8 cm³/mol. The largest absolute Gasteiger partial charge is 0.492 e. The molecule has 5 nitrogen and oxygen atoms in total. The molecule has 0 aromatic heterocycles. The van der Waals surface area contributed by atoms with Crippen molar-refractivity contribution in [3.8, 4) is 5.75 Å². The number of para-hydroxylation sites is 2. The molecule has 0 saturated heterocycles. The molecule has 0 spiro atoms. The van der Waals surface area contributed by atoms with E-state index in [9.17, 15) is 10.1 Å². The molecule has 0 fully saturated rings. The molecule has 2 rings (SSSR count). The summed E-state index contributed by atoms with van der Waals surface area (Å²) in [4.78, 5) is 10.6. The SMILES string of the molecule is CCOc1ccccc1NCc1ccc(C)c([N+](=O)[O-])c1. The van der Waals surface area contributed by atoms with Gasteiger partial charge in [0.05, 0.1) is 17.2 Å². The van der Waals surface area contributed by atoms with Crippen LogP contribution in [0.3, 0.4) is 0 Å². The van der Waals surface area contributed by atoms with Crippen molar-refractivity contribution in [2.75, 3.05) is 11.9 Å². The van der Waals surface area contributed by atoms with E-state index in [0.717, 1.165) is 17.0 Å². The molecule has 0 radical (unpaired) electrons. The average molecular weight is 286 g/mol. The highest BCUT2D eigenvalue weighted by Gasteiger charge is 2.11. The molecule has 2 aromatic carbocycles. The summed E-state index contributed by atoms with van der Waals surface area (Å²) in [5.41, 5.74) is 2.55. The van der Waals surface area contributed by atoms with Crippen molar-refractivity contribution in [2.45, 2.75) is 20.4 Å². The maximum Gasteiger partial charge on any atom is 0.272 e. The van der Waals surface area contributed by atoms with Gasteiger partial charge in [-0.2, -0.15) is 0 Å². The van der Waals surface area contributed by atoms with Crippen molar-refractivity contribution >= 4 is 11.4 Å². The zero-order valence-electron chi connectivity index (χ0n) is 12.1. The number of anilines is 1. The molecule has 0 aliphatic rings. The van der Waals surface area contributed by atoms with E-state index in [2.05, 4.69) is 5.32 Å². The van der Waals surface area contributed by atoms with Gasteiger partial charge in [0, 0.05) is 18.2 Å². The van der Waals surface area contributed by atoms with Crippen LogP contribution in [0.25, 0.3) is 0 Å². The van der Waals surface area contributed by atoms with Crippen molar-refractivity contribution in [3.63, 3.8) is 0 Å². The van der Waals surface area contributed by atoms with Crippen LogP contribution in [0.5, 0.6) is 5.75 Å². The van der Waals surface area contributed by atoms with E-state index in [1.54, 1.807) is 19.1 Å². The third-order valence-corrected chi connectivity index (χ3v) is 3.14. The molecule has 0 saturated carbocycles. The first kappa shape index (κ1) is 14.8. The van der Waals surface area contributed by atoms with Gasteiger partial charge in [0.2, 0.25) is 0 Å². The molecule has 0 aliphatic heterocycles. The summed E-state index contributed by atoms with van der Waals surface area (Å²) in [6.45, 7) is 4.76. The van der Waals surface area contributed by atoms with E-state index < -0.39 is 0 Å². The second-order valence-corrected chi connectivity index (χ2v) is 4.66. The second kappa shape index (κ2) is 6.74. The number of ether oxygens (including phenoxy) is 1. The summed E-state index contributed by atoms with van der Waals surface area (Å²) < 4.78 is 5.54. The van der Waals surface area contributed by atoms with Crippen molar-refractivity contribution in [1.29, 1.82) is 0 Å². The predicted octanol–water partition coefficient (Wildman–Crippen LogP) is 3.91. The topological polar surface area (TPSA) is 64.4 Å². The van der Waals surface area contributed by atoms with Crippen LogP contribution in [-0.4, -0.2) is 11.5 Å². The highest BCUT2D eigenvalue weighted by Crippen LogP contribution is 2.25. The lowest BCUT2D eigenvalue weighted by atomic mass is 10.1. The van der Waals surface area contributed by atoms with Crippen LogP contribution < -0.4 is 10.1 Å². The first-order valence-corrected chi connectivity index (χ1v) is 6.81. The molecule has 0 unspecified atom stereocenters. The Morgan fingerprint density at radius 2 is 2.00 bits per heavy atom. The van der Waals surface area contributed by atoms with Crippen LogP contribution in [0.2, 0.25) is 0 Å². The van der Waals surface area contributed by atoms with Crippen LogP contribution in [-0.2, 0) is 6.54 Å². The maximum absolute atomic E-state index is 11.0. The molecule has 0 atom stereocenters. The van der Waals surface area contributed by atoms with E-state index in [1.807, 2.05) is 37.3 Å². The fourth-order valence-corrected chi connectivity index (χ4v) is 2.05. The van der Waals surface area contributed by atoms with Gasteiger partial charge in [0.25, 0.3) is 5.69 Å². The first-order chi connectivity index (χ1) is 10.1. The molecule has 5 heteroatoms. The average Bonchev–Trinajstić information content (AvgIpc) is 2.47. The van der Waals surface area contributed by atoms with Gasteiger partial charge in [0.15, 0.2) is 0 Å². The van der Waals surface area contributed by atoms with E-state index in [4.69, 9.17) is 4.74 Å². The van der Waals surface area contributed by atoms with Gasteiger partial charge < -0.3 is 10.1 Å². The van der Waals surface area contributed by atoms with Crippen LogP contribution >= 0.6 is 0 Å². The highest BCUT2D eigenvalue weighted by molar-refractivity contribution is 5.56. The van der Waals surface area contributed by atoms with Gasteiger partial charge in [-0.15, -0.1) is 0 Å². The molecule has 2 aromatic rings. The van der Waals surface area contributed by atoms with Crippen molar-refractivity contribution in [3.05, 3.63) is 63.7 Å². The Labute approximate surface area is 123 Å². The van der Waals surface area contributed by atoms with E-state index >= 15 is 0 Å². The van der Waals surface area contributed by atoms with Gasteiger partial charge in [-0.25, -0.2) is 0 Å². The lowest BCUT2D eigenvalue weighted by Crippen LogP contribution is -2.03. The standard InChI is InChI=1S/C16H18N2O3/c1-3-21-16-7-5-4-6-14(16)17-11-13-9-8-12(2)15(10-13)18(19)20/h4-10,17H,3,11H2,1-2H3. The number of benzene rings is 2. The van der Waals surface area contributed by atoms with Crippen LogP contribution in [0.4, 0.5) is 11.4 Å². The normalized spacial score (nSPS) is 10.2. The van der Waals surface area contributed by atoms with Gasteiger partial charge >= 0.3 is 0 Å². The number of aryl methyl sites for hydroxylation is 1.